The molecule has 0 unspecified atom stereocenters. The monoisotopic (exact) mass is 483 g/mol. The molecular formula is C29H22ClNO4. The fraction of sp³-hybridized carbons (Fsp3) is 0.207. The molecule has 0 radical (unpaired) electrons. The predicted molar refractivity (Wildman–Crippen MR) is 134 cm³/mol. The minimum absolute atomic E-state index is 0.118. The molecule has 0 aromatic heterocycles. The Morgan fingerprint density at radius 2 is 1.69 bits per heavy atom. The lowest BCUT2D eigenvalue weighted by molar-refractivity contribution is -0.118. The van der Waals surface area contributed by atoms with Gasteiger partial charge in [-0.05, 0) is 48.4 Å². The van der Waals surface area contributed by atoms with Crippen LogP contribution in [0.1, 0.15) is 44.7 Å². The van der Waals surface area contributed by atoms with Crippen molar-refractivity contribution in [1.29, 1.82) is 0 Å². The van der Waals surface area contributed by atoms with Gasteiger partial charge in [0.25, 0.3) is 0 Å². The molecule has 3 aromatic carbocycles. The van der Waals surface area contributed by atoms with Gasteiger partial charge in [0.05, 0.1) is 19.2 Å². The number of methoxy groups -OCH3 is 1. The fourth-order valence-corrected chi connectivity index (χ4v) is 6.49. The minimum Gasteiger partial charge on any atom is -0.497 e. The Bertz CT molecular complexity index is 1420. The highest BCUT2D eigenvalue weighted by Gasteiger charge is 2.71. The molecule has 3 aliphatic rings. The molecule has 1 fully saturated rings. The molecule has 2 aliphatic heterocycles. The van der Waals surface area contributed by atoms with Crippen molar-refractivity contribution < 1.29 is 19.1 Å². The summed E-state index contributed by atoms with van der Waals surface area (Å²) in [6.07, 6.45) is 3.79. The van der Waals surface area contributed by atoms with Crippen molar-refractivity contribution in [1.82, 2.24) is 0 Å². The standard InChI is InChI=1S/C29H22ClNO4/c1-16(32)26-25(18-6-5-7-20(15-18)35-2)29(27(33)21-8-3-4-9-22(21)28(29)34)24-13-10-17-14-19(30)11-12-23(17)31(24)26/h3-15,24-26H,1-2H3/t24-,25+,26+/m0/s1. The second-order valence-corrected chi connectivity index (χ2v) is 9.73. The van der Waals surface area contributed by atoms with Crippen LogP contribution in [0.4, 0.5) is 5.69 Å². The van der Waals surface area contributed by atoms with Crippen molar-refractivity contribution >= 4 is 40.7 Å². The zero-order chi connectivity index (χ0) is 24.5. The summed E-state index contributed by atoms with van der Waals surface area (Å²) in [5.74, 6) is -0.715. The van der Waals surface area contributed by atoms with Crippen LogP contribution >= 0.6 is 11.6 Å². The molecule has 5 nitrogen and oxygen atoms in total. The number of halogens is 1. The summed E-state index contributed by atoms with van der Waals surface area (Å²) in [6.45, 7) is 1.53. The molecule has 35 heavy (non-hydrogen) atoms. The van der Waals surface area contributed by atoms with E-state index in [2.05, 4.69) is 0 Å². The number of fused-ring (bicyclic) bond motifs is 5. The van der Waals surface area contributed by atoms with Crippen LogP contribution in [0.15, 0.2) is 72.8 Å². The summed E-state index contributed by atoms with van der Waals surface area (Å²) < 4.78 is 5.47. The van der Waals surface area contributed by atoms with Crippen LogP contribution < -0.4 is 9.64 Å². The number of anilines is 1. The number of carbonyl (C=O) groups excluding carboxylic acids is 3. The van der Waals surface area contributed by atoms with Gasteiger partial charge in [-0.1, -0.05) is 60.2 Å². The molecule has 174 valence electrons. The second kappa shape index (κ2) is 7.65. The lowest BCUT2D eigenvalue weighted by atomic mass is 9.64. The number of carbonyl (C=O) groups is 3. The van der Waals surface area contributed by atoms with Crippen LogP contribution in [-0.2, 0) is 4.79 Å². The predicted octanol–water partition coefficient (Wildman–Crippen LogP) is 5.37. The largest absolute Gasteiger partial charge is 0.497 e. The Morgan fingerprint density at radius 1 is 0.971 bits per heavy atom. The van der Waals surface area contributed by atoms with Crippen molar-refractivity contribution in [3.05, 3.63) is 100 Å². The van der Waals surface area contributed by atoms with E-state index >= 15 is 0 Å². The van der Waals surface area contributed by atoms with E-state index < -0.39 is 23.4 Å². The van der Waals surface area contributed by atoms with E-state index in [0.29, 0.717) is 21.9 Å². The van der Waals surface area contributed by atoms with Crippen molar-refractivity contribution in [2.45, 2.75) is 24.9 Å². The molecule has 1 aliphatic carbocycles. The average molecular weight is 484 g/mol. The van der Waals surface area contributed by atoms with E-state index in [1.807, 2.05) is 53.5 Å². The molecule has 0 bridgehead atoms. The van der Waals surface area contributed by atoms with E-state index in [9.17, 15) is 14.4 Å². The summed E-state index contributed by atoms with van der Waals surface area (Å²) in [7, 11) is 1.57. The summed E-state index contributed by atoms with van der Waals surface area (Å²) >= 11 is 6.26. The van der Waals surface area contributed by atoms with Gasteiger partial charge < -0.3 is 9.64 Å². The van der Waals surface area contributed by atoms with Crippen molar-refractivity contribution in [3.63, 3.8) is 0 Å². The maximum Gasteiger partial charge on any atom is 0.180 e. The number of hydrogen-bond donors (Lipinski definition) is 0. The van der Waals surface area contributed by atoms with E-state index in [-0.39, 0.29) is 17.3 Å². The van der Waals surface area contributed by atoms with E-state index in [1.165, 1.54) is 6.92 Å². The molecule has 0 saturated carbocycles. The number of ether oxygens (including phenoxy) is 1. The third-order valence-electron chi connectivity index (χ3n) is 7.64. The van der Waals surface area contributed by atoms with Gasteiger partial charge >= 0.3 is 0 Å². The summed E-state index contributed by atoms with van der Waals surface area (Å²) in [5, 5.41) is 0.574. The first kappa shape index (κ1) is 21.8. The number of ketones is 3. The normalized spacial score (nSPS) is 23.3. The van der Waals surface area contributed by atoms with Crippen LogP contribution in [0, 0.1) is 5.41 Å². The molecule has 1 spiro atoms. The third-order valence-corrected chi connectivity index (χ3v) is 7.87. The van der Waals surface area contributed by atoms with Gasteiger partial charge in [-0.2, -0.15) is 0 Å². The van der Waals surface area contributed by atoms with E-state index in [0.717, 1.165) is 16.8 Å². The summed E-state index contributed by atoms with van der Waals surface area (Å²) in [6, 6.07) is 18.4. The van der Waals surface area contributed by atoms with Crippen LogP contribution in [-0.4, -0.2) is 36.5 Å². The van der Waals surface area contributed by atoms with Gasteiger partial charge in [-0.25, -0.2) is 0 Å². The zero-order valence-corrected chi connectivity index (χ0v) is 20.0. The average Bonchev–Trinajstić information content (AvgIpc) is 3.30. The first-order valence-corrected chi connectivity index (χ1v) is 11.9. The smallest absolute Gasteiger partial charge is 0.180 e. The fourth-order valence-electron chi connectivity index (χ4n) is 6.31. The summed E-state index contributed by atoms with van der Waals surface area (Å²) in [4.78, 5) is 44.0. The minimum atomic E-state index is -1.49. The Morgan fingerprint density at radius 3 is 2.34 bits per heavy atom. The number of nitrogens with zero attached hydrogens (tertiary/aromatic N) is 1. The summed E-state index contributed by atoms with van der Waals surface area (Å²) in [5.41, 5.74) is 1.67. The molecule has 3 atom stereocenters. The van der Waals surface area contributed by atoms with Gasteiger partial charge in [0.15, 0.2) is 17.3 Å². The topological polar surface area (TPSA) is 63.7 Å². The SMILES string of the molecule is COc1cccc([C@@H]2[C@@H](C(C)=O)N3c4ccc(Cl)cc4C=C[C@H]3C23C(=O)c2ccccc2C3=O)c1. The van der Waals surface area contributed by atoms with Gasteiger partial charge in [-0.15, -0.1) is 0 Å². The Hall–Kier alpha value is -3.70. The Balaban J connectivity index is 1.68. The second-order valence-electron chi connectivity index (χ2n) is 9.30. The molecule has 0 N–H and O–H groups in total. The van der Waals surface area contributed by atoms with Gasteiger partial charge in [-0.3, -0.25) is 14.4 Å². The van der Waals surface area contributed by atoms with Gasteiger partial charge in [0.1, 0.15) is 11.2 Å². The van der Waals surface area contributed by atoms with Gasteiger partial charge in [0, 0.05) is 27.8 Å². The first-order valence-electron chi connectivity index (χ1n) is 11.5. The highest BCUT2D eigenvalue weighted by molar-refractivity contribution is 6.32. The quantitative estimate of drug-likeness (QED) is 0.468. The molecule has 2 heterocycles. The van der Waals surface area contributed by atoms with Crippen LogP contribution in [0.5, 0.6) is 5.75 Å². The lowest BCUT2D eigenvalue weighted by Crippen LogP contribution is -2.48. The number of benzene rings is 3. The van der Waals surface area contributed by atoms with E-state index in [1.54, 1.807) is 37.4 Å². The Labute approximate surface area is 208 Å². The molecule has 6 rings (SSSR count). The maximum atomic E-state index is 14.3. The molecule has 6 heteroatoms. The zero-order valence-electron chi connectivity index (χ0n) is 19.2. The molecular weight excluding hydrogens is 462 g/mol. The lowest BCUT2D eigenvalue weighted by Gasteiger charge is -2.37. The molecule has 0 amide bonds. The van der Waals surface area contributed by atoms with Crippen molar-refractivity contribution in [2.24, 2.45) is 5.41 Å². The molecule has 3 aromatic rings. The maximum absolute atomic E-state index is 14.3. The Kier molecular flexibility index (Phi) is 4.77. The highest BCUT2D eigenvalue weighted by atomic mass is 35.5. The first-order chi connectivity index (χ1) is 16.9. The van der Waals surface area contributed by atoms with Crippen molar-refractivity contribution in [2.75, 3.05) is 12.0 Å². The highest BCUT2D eigenvalue weighted by Crippen LogP contribution is 2.60. The number of Topliss-reactive ketones (excluding diaryl/α,β-unsaturated/α-hetero) is 3. The van der Waals surface area contributed by atoms with Crippen LogP contribution in [0.2, 0.25) is 5.02 Å². The van der Waals surface area contributed by atoms with Crippen LogP contribution in [0.25, 0.3) is 6.08 Å². The third kappa shape index (κ3) is 2.79. The number of rotatable bonds is 3. The van der Waals surface area contributed by atoms with E-state index in [4.69, 9.17) is 16.3 Å². The molecule has 1 saturated heterocycles. The van der Waals surface area contributed by atoms with Crippen LogP contribution in [0.3, 0.4) is 0 Å². The van der Waals surface area contributed by atoms with Gasteiger partial charge in [0.2, 0.25) is 0 Å². The van der Waals surface area contributed by atoms with Crippen molar-refractivity contribution in [3.8, 4) is 5.75 Å². The number of hydrogen-bond acceptors (Lipinski definition) is 5.